The molecular weight excluding hydrogens is 218 g/mol. The Hall–Kier alpha value is -0.610. The van der Waals surface area contributed by atoms with Gasteiger partial charge in [0.15, 0.2) is 0 Å². The van der Waals surface area contributed by atoms with Crippen molar-refractivity contribution in [3.8, 4) is 0 Å². The van der Waals surface area contributed by atoms with Gasteiger partial charge in [-0.15, -0.1) is 0 Å². The minimum atomic E-state index is -0.916. The van der Waals surface area contributed by atoms with Gasteiger partial charge in [-0.25, -0.2) is 0 Å². The van der Waals surface area contributed by atoms with E-state index in [4.69, 9.17) is 4.74 Å². The summed E-state index contributed by atoms with van der Waals surface area (Å²) in [5, 5.41) is 12.4. The van der Waals surface area contributed by atoms with Gasteiger partial charge in [-0.1, -0.05) is 19.3 Å². The van der Waals surface area contributed by atoms with E-state index in [1.807, 2.05) is 0 Å². The number of carboxylic acids is 1. The predicted octanol–water partition coefficient (Wildman–Crippen LogP) is 1.79. The predicted molar refractivity (Wildman–Crippen MR) is 65.0 cm³/mol. The van der Waals surface area contributed by atoms with Gasteiger partial charge in [0, 0.05) is 12.6 Å². The lowest BCUT2D eigenvalue weighted by molar-refractivity contribution is -0.147. The molecule has 0 spiro atoms. The normalized spacial score (nSPS) is 24.1. The maximum absolute atomic E-state index is 11.2. The van der Waals surface area contributed by atoms with Crippen molar-refractivity contribution >= 4 is 5.97 Å². The van der Waals surface area contributed by atoms with Crippen LogP contribution in [-0.2, 0) is 9.53 Å². The van der Waals surface area contributed by atoms with Crippen molar-refractivity contribution in [1.82, 2.24) is 5.32 Å². The van der Waals surface area contributed by atoms with Crippen molar-refractivity contribution in [2.24, 2.45) is 5.92 Å². The molecule has 0 heterocycles. The summed E-state index contributed by atoms with van der Waals surface area (Å²) in [6.07, 6.45) is 7.25. The Balaban J connectivity index is 1.66. The monoisotopic (exact) mass is 241 g/mol. The van der Waals surface area contributed by atoms with Crippen molar-refractivity contribution in [3.63, 3.8) is 0 Å². The molecule has 98 valence electrons. The minimum Gasteiger partial charge on any atom is -0.480 e. The van der Waals surface area contributed by atoms with Crippen molar-refractivity contribution < 1.29 is 14.6 Å². The lowest BCUT2D eigenvalue weighted by Gasteiger charge is -2.28. The number of carboxylic acid groups (broad SMARTS) is 1. The van der Waals surface area contributed by atoms with Crippen LogP contribution in [0.3, 0.4) is 0 Å². The number of ether oxygens (including phenoxy) is 1. The van der Waals surface area contributed by atoms with E-state index in [1.165, 1.54) is 19.3 Å². The smallest absolute Gasteiger partial charge is 0.326 e. The van der Waals surface area contributed by atoms with E-state index in [0.29, 0.717) is 12.6 Å². The van der Waals surface area contributed by atoms with Gasteiger partial charge in [0.05, 0.1) is 6.61 Å². The lowest BCUT2D eigenvalue weighted by atomic mass is 9.83. The first-order chi connectivity index (χ1) is 8.10. The van der Waals surface area contributed by atoms with Crippen LogP contribution < -0.4 is 5.32 Å². The molecule has 0 aromatic carbocycles. The largest absolute Gasteiger partial charge is 0.480 e. The van der Waals surface area contributed by atoms with Crippen LogP contribution in [0.25, 0.3) is 0 Å². The Bertz CT molecular complexity index is 274. The Morgan fingerprint density at radius 2 is 2.12 bits per heavy atom. The molecule has 4 heteroatoms. The fourth-order valence-electron chi connectivity index (χ4n) is 2.15. The lowest BCUT2D eigenvalue weighted by Crippen LogP contribution is -2.54. The highest BCUT2D eigenvalue weighted by atomic mass is 16.5. The van der Waals surface area contributed by atoms with Crippen molar-refractivity contribution in [1.29, 1.82) is 0 Å². The van der Waals surface area contributed by atoms with Gasteiger partial charge in [-0.05, 0) is 32.1 Å². The molecule has 2 aliphatic rings. The van der Waals surface area contributed by atoms with E-state index >= 15 is 0 Å². The number of hydrogen-bond acceptors (Lipinski definition) is 3. The summed E-state index contributed by atoms with van der Waals surface area (Å²) in [7, 11) is 0. The van der Waals surface area contributed by atoms with Gasteiger partial charge in [0.25, 0.3) is 0 Å². The molecule has 2 N–H and O–H groups in total. The number of carbonyl (C=O) groups is 1. The van der Waals surface area contributed by atoms with Crippen molar-refractivity contribution in [2.75, 3.05) is 13.2 Å². The second-order valence-electron chi connectivity index (χ2n) is 5.69. The fourth-order valence-corrected chi connectivity index (χ4v) is 2.15. The molecule has 0 amide bonds. The molecule has 1 unspecified atom stereocenters. The summed E-state index contributed by atoms with van der Waals surface area (Å²) in [5.41, 5.74) is -0.916. The highest BCUT2D eigenvalue weighted by Gasteiger charge is 2.38. The van der Waals surface area contributed by atoms with Crippen molar-refractivity contribution in [2.45, 2.75) is 57.0 Å². The Morgan fingerprint density at radius 1 is 1.41 bits per heavy atom. The highest BCUT2D eigenvalue weighted by molar-refractivity contribution is 5.78. The molecule has 0 radical (unpaired) electrons. The maximum Gasteiger partial charge on any atom is 0.326 e. The number of aliphatic carboxylic acids is 1. The van der Waals surface area contributed by atoms with E-state index in [2.05, 4.69) is 5.32 Å². The summed E-state index contributed by atoms with van der Waals surface area (Å²) >= 11 is 0. The van der Waals surface area contributed by atoms with Gasteiger partial charge in [0.2, 0.25) is 0 Å². The van der Waals surface area contributed by atoms with Crippen LogP contribution in [0, 0.1) is 5.92 Å². The minimum absolute atomic E-state index is 0.269. The first-order valence-electron chi connectivity index (χ1n) is 6.69. The molecule has 17 heavy (non-hydrogen) atoms. The molecule has 2 rings (SSSR count). The zero-order chi connectivity index (χ0) is 12.3. The maximum atomic E-state index is 11.2. The second kappa shape index (κ2) is 5.36. The first kappa shape index (κ1) is 12.8. The van der Waals surface area contributed by atoms with Gasteiger partial charge < -0.3 is 9.84 Å². The van der Waals surface area contributed by atoms with Crippen LogP contribution in [0.2, 0.25) is 0 Å². The van der Waals surface area contributed by atoms with Gasteiger partial charge in [-0.2, -0.15) is 0 Å². The summed E-state index contributed by atoms with van der Waals surface area (Å²) in [4.78, 5) is 11.2. The molecule has 1 atom stereocenters. The van der Waals surface area contributed by atoms with E-state index < -0.39 is 11.5 Å². The Morgan fingerprint density at radius 3 is 2.59 bits per heavy atom. The molecular formula is C13H23NO3. The third-order valence-electron chi connectivity index (χ3n) is 3.86. The van der Waals surface area contributed by atoms with E-state index in [-0.39, 0.29) is 6.61 Å². The Kier molecular flexibility index (Phi) is 4.05. The zero-order valence-electron chi connectivity index (χ0n) is 10.6. The second-order valence-corrected chi connectivity index (χ2v) is 5.69. The molecule has 4 nitrogen and oxygen atoms in total. The highest BCUT2D eigenvalue weighted by Crippen LogP contribution is 2.29. The third-order valence-corrected chi connectivity index (χ3v) is 3.86. The van der Waals surface area contributed by atoms with E-state index in [1.54, 1.807) is 6.92 Å². The van der Waals surface area contributed by atoms with Gasteiger partial charge in [0.1, 0.15) is 5.54 Å². The average molecular weight is 241 g/mol. The quantitative estimate of drug-likeness (QED) is 0.636. The van der Waals surface area contributed by atoms with Crippen LogP contribution in [0.1, 0.15) is 45.4 Å². The summed E-state index contributed by atoms with van der Waals surface area (Å²) in [6.45, 7) is 2.68. The molecule has 0 aromatic heterocycles. The van der Waals surface area contributed by atoms with Crippen LogP contribution >= 0.6 is 0 Å². The fraction of sp³-hybridized carbons (Fsp3) is 0.923. The molecule has 0 aromatic rings. The zero-order valence-corrected chi connectivity index (χ0v) is 10.6. The molecule has 0 aliphatic heterocycles. The van der Waals surface area contributed by atoms with E-state index in [0.717, 1.165) is 25.2 Å². The summed E-state index contributed by atoms with van der Waals surface area (Å²) in [5.74, 6) is 0.00974. The number of nitrogens with one attached hydrogen (secondary N) is 1. The number of hydrogen-bond donors (Lipinski definition) is 2. The van der Waals surface area contributed by atoms with Crippen molar-refractivity contribution in [3.05, 3.63) is 0 Å². The molecule has 2 fully saturated rings. The average Bonchev–Trinajstić information content (AvgIpc) is 2.98. The van der Waals surface area contributed by atoms with Gasteiger partial charge in [-0.3, -0.25) is 10.1 Å². The van der Waals surface area contributed by atoms with Crippen LogP contribution in [0.4, 0.5) is 0 Å². The third kappa shape index (κ3) is 3.68. The first-order valence-corrected chi connectivity index (χ1v) is 6.69. The number of rotatable bonds is 8. The summed E-state index contributed by atoms with van der Waals surface area (Å²) < 4.78 is 5.55. The van der Waals surface area contributed by atoms with Crippen LogP contribution in [0.15, 0.2) is 0 Å². The molecule has 2 saturated carbocycles. The molecule has 0 bridgehead atoms. The standard InChI is InChI=1S/C13H23NO3/c1-13(12(15)16,14-11-5-6-11)9-17-8-7-10-3-2-4-10/h10-11,14H,2-9H2,1H3,(H,15,16). The molecule has 0 saturated heterocycles. The summed E-state index contributed by atoms with van der Waals surface area (Å²) in [6, 6.07) is 0.381. The van der Waals surface area contributed by atoms with Crippen LogP contribution in [-0.4, -0.2) is 35.9 Å². The van der Waals surface area contributed by atoms with E-state index in [9.17, 15) is 9.90 Å². The Labute approximate surface area is 103 Å². The molecule has 2 aliphatic carbocycles. The topological polar surface area (TPSA) is 58.6 Å². The SMILES string of the molecule is CC(COCCC1CCC1)(NC1CC1)C(=O)O. The van der Waals surface area contributed by atoms with Crippen LogP contribution in [0.5, 0.6) is 0 Å². The van der Waals surface area contributed by atoms with Gasteiger partial charge >= 0.3 is 5.97 Å².